The average Bonchev–Trinajstić information content (AvgIpc) is 3.18. The SMILES string of the molecule is COC(=O)Cn1c(=NC(=O)c2ccnn2C)sc2cc([N+](=O)[O-])ccc21. The summed E-state index contributed by atoms with van der Waals surface area (Å²) in [5, 5.41) is 14.9. The van der Waals surface area contributed by atoms with Crippen LogP contribution in [0.2, 0.25) is 0 Å². The molecule has 0 saturated heterocycles. The molecule has 134 valence electrons. The molecule has 0 fully saturated rings. The fourth-order valence-corrected chi connectivity index (χ4v) is 3.40. The number of nitrogens with zero attached hydrogens (tertiary/aromatic N) is 5. The summed E-state index contributed by atoms with van der Waals surface area (Å²) in [6.07, 6.45) is 1.47. The van der Waals surface area contributed by atoms with Crippen molar-refractivity contribution in [2.75, 3.05) is 7.11 Å². The van der Waals surface area contributed by atoms with E-state index in [1.54, 1.807) is 7.05 Å². The van der Waals surface area contributed by atoms with Gasteiger partial charge in [0, 0.05) is 25.4 Å². The molecule has 0 radical (unpaired) electrons. The van der Waals surface area contributed by atoms with Gasteiger partial charge in [-0.05, 0) is 12.1 Å². The Kier molecular flexibility index (Phi) is 4.63. The largest absolute Gasteiger partial charge is 0.468 e. The summed E-state index contributed by atoms with van der Waals surface area (Å²) < 4.78 is 8.08. The molecular weight excluding hydrogens is 362 g/mol. The smallest absolute Gasteiger partial charge is 0.325 e. The number of hydrogen-bond donors (Lipinski definition) is 0. The number of aromatic nitrogens is 3. The summed E-state index contributed by atoms with van der Waals surface area (Å²) in [4.78, 5) is 38.9. The number of carbonyl (C=O) groups is 2. The first-order valence-electron chi connectivity index (χ1n) is 7.32. The second-order valence-electron chi connectivity index (χ2n) is 5.21. The van der Waals surface area contributed by atoms with E-state index in [2.05, 4.69) is 14.8 Å². The average molecular weight is 375 g/mol. The number of aryl methyl sites for hydroxylation is 1. The van der Waals surface area contributed by atoms with Crippen LogP contribution in [0.3, 0.4) is 0 Å². The minimum absolute atomic E-state index is 0.0894. The summed E-state index contributed by atoms with van der Waals surface area (Å²) in [5.74, 6) is -1.07. The van der Waals surface area contributed by atoms with Crippen molar-refractivity contribution in [1.82, 2.24) is 14.3 Å². The Balaban J connectivity index is 2.18. The van der Waals surface area contributed by atoms with E-state index < -0.39 is 16.8 Å². The molecule has 2 aromatic heterocycles. The Morgan fingerprint density at radius 3 is 2.77 bits per heavy atom. The van der Waals surface area contributed by atoms with Gasteiger partial charge in [0.05, 0.1) is 22.2 Å². The number of amides is 1. The van der Waals surface area contributed by atoms with Crippen molar-refractivity contribution in [3.63, 3.8) is 0 Å². The molecule has 10 nitrogen and oxygen atoms in total. The lowest BCUT2D eigenvalue weighted by molar-refractivity contribution is -0.384. The molecule has 0 unspecified atom stereocenters. The van der Waals surface area contributed by atoms with Crippen LogP contribution in [0.1, 0.15) is 10.5 Å². The van der Waals surface area contributed by atoms with E-state index in [9.17, 15) is 19.7 Å². The number of non-ortho nitro benzene ring substituents is 1. The molecule has 0 N–H and O–H groups in total. The standard InChI is InChI=1S/C15H13N5O5S/c1-18-11(5-6-16-18)14(22)17-15-19(8-13(21)25-2)10-4-3-9(20(23)24)7-12(10)26-15/h3-7H,8H2,1-2H3. The molecular formula is C15H13N5O5S. The van der Waals surface area contributed by atoms with Crippen molar-refractivity contribution < 1.29 is 19.2 Å². The third-order valence-electron chi connectivity index (χ3n) is 3.63. The van der Waals surface area contributed by atoms with Crippen molar-refractivity contribution in [3.8, 4) is 0 Å². The molecule has 3 rings (SSSR count). The number of hydrogen-bond acceptors (Lipinski definition) is 7. The minimum Gasteiger partial charge on any atom is -0.468 e. The van der Waals surface area contributed by atoms with Gasteiger partial charge in [0.1, 0.15) is 12.2 Å². The van der Waals surface area contributed by atoms with Crippen LogP contribution in [0, 0.1) is 10.1 Å². The Bertz CT molecular complexity index is 1090. The molecule has 3 aromatic rings. The molecule has 0 aliphatic rings. The fraction of sp³-hybridized carbons (Fsp3) is 0.200. The third kappa shape index (κ3) is 3.24. The van der Waals surface area contributed by atoms with Gasteiger partial charge >= 0.3 is 5.97 Å². The van der Waals surface area contributed by atoms with Gasteiger partial charge in [0.15, 0.2) is 4.80 Å². The molecule has 2 heterocycles. The zero-order chi connectivity index (χ0) is 18.8. The van der Waals surface area contributed by atoms with Crippen LogP contribution >= 0.6 is 11.3 Å². The van der Waals surface area contributed by atoms with Crippen molar-refractivity contribution in [2.24, 2.45) is 12.0 Å². The number of esters is 1. The third-order valence-corrected chi connectivity index (χ3v) is 4.67. The van der Waals surface area contributed by atoms with Gasteiger partial charge in [0.25, 0.3) is 11.6 Å². The molecule has 0 spiro atoms. The maximum absolute atomic E-state index is 12.4. The van der Waals surface area contributed by atoms with Gasteiger partial charge in [-0.25, -0.2) is 0 Å². The van der Waals surface area contributed by atoms with Gasteiger partial charge in [-0.3, -0.25) is 24.4 Å². The van der Waals surface area contributed by atoms with E-state index in [0.29, 0.717) is 10.2 Å². The van der Waals surface area contributed by atoms with Gasteiger partial charge in [-0.1, -0.05) is 11.3 Å². The van der Waals surface area contributed by atoms with Gasteiger partial charge < -0.3 is 9.30 Å². The van der Waals surface area contributed by atoms with Crippen LogP contribution in [0.15, 0.2) is 35.5 Å². The Labute approximate surface area is 150 Å². The highest BCUT2D eigenvalue weighted by Gasteiger charge is 2.16. The number of carbonyl (C=O) groups excluding carboxylic acids is 2. The predicted octanol–water partition coefficient (Wildman–Crippen LogP) is 1.26. The van der Waals surface area contributed by atoms with E-state index in [0.717, 1.165) is 11.3 Å². The van der Waals surface area contributed by atoms with Crippen molar-refractivity contribution in [1.29, 1.82) is 0 Å². The van der Waals surface area contributed by atoms with E-state index in [-0.39, 0.29) is 22.7 Å². The van der Waals surface area contributed by atoms with Crippen LogP contribution in [-0.4, -0.2) is 38.3 Å². The fourth-order valence-electron chi connectivity index (χ4n) is 2.34. The lowest BCUT2D eigenvalue weighted by Crippen LogP contribution is -2.22. The Morgan fingerprint density at radius 1 is 1.38 bits per heavy atom. The summed E-state index contributed by atoms with van der Waals surface area (Å²) in [6.45, 7) is -0.175. The van der Waals surface area contributed by atoms with Crippen molar-refractivity contribution in [3.05, 3.63) is 51.1 Å². The summed E-state index contributed by atoms with van der Waals surface area (Å²) in [5.41, 5.74) is 0.731. The topological polar surface area (TPSA) is 122 Å². The molecule has 0 saturated carbocycles. The second kappa shape index (κ2) is 6.88. The van der Waals surface area contributed by atoms with Crippen LogP contribution < -0.4 is 4.80 Å². The van der Waals surface area contributed by atoms with E-state index in [1.165, 1.54) is 46.8 Å². The molecule has 0 aliphatic carbocycles. The first-order valence-corrected chi connectivity index (χ1v) is 8.14. The first-order chi connectivity index (χ1) is 12.4. The number of thiazole rings is 1. The first kappa shape index (κ1) is 17.5. The molecule has 1 aromatic carbocycles. The number of methoxy groups -OCH3 is 1. The second-order valence-corrected chi connectivity index (χ2v) is 6.22. The lowest BCUT2D eigenvalue weighted by Gasteiger charge is -2.03. The van der Waals surface area contributed by atoms with Crippen LogP contribution in [-0.2, 0) is 23.1 Å². The molecule has 0 aliphatic heterocycles. The van der Waals surface area contributed by atoms with Crippen LogP contribution in [0.4, 0.5) is 5.69 Å². The van der Waals surface area contributed by atoms with Crippen LogP contribution in [0.25, 0.3) is 10.2 Å². The highest BCUT2D eigenvalue weighted by atomic mass is 32.1. The number of rotatable bonds is 4. The molecule has 0 atom stereocenters. The quantitative estimate of drug-likeness (QED) is 0.384. The predicted molar refractivity (Wildman–Crippen MR) is 91.6 cm³/mol. The molecule has 0 bridgehead atoms. The number of nitro groups is 1. The maximum atomic E-state index is 12.4. The molecule has 1 amide bonds. The van der Waals surface area contributed by atoms with Crippen LogP contribution in [0.5, 0.6) is 0 Å². The number of ether oxygens (including phenoxy) is 1. The van der Waals surface area contributed by atoms with Gasteiger partial charge in [-0.15, -0.1) is 0 Å². The maximum Gasteiger partial charge on any atom is 0.325 e. The van der Waals surface area contributed by atoms with Crippen molar-refractivity contribution >= 4 is 39.1 Å². The monoisotopic (exact) mass is 375 g/mol. The summed E-state index contributed by atoms with van der Waals surface area (Å²) >= 11 is 1.07. The van der Waals surface area contributed by atoms with E-state index >= 15 is 0 Å². The normalized spacial score (nSPS) is 11.7. The summed E-state index contributed by atoms with van der Waals surface area (Å²) in [6, 6.07) is 5.74. The number of nitro benzene ring substituents is 1. The van der Waals surface area contributed by atoms with Gasteiger partial charge in [0.2, 0.25) is 0 Å². The number of benzene rings is 1. The van der Waals surface area contributed by atoms with Crippen molar-refractivity contribution in [2.45, 2.75) is 6.54 Å². The highest BCUT2D eigenvalue weighted by molar-refractivity contribution is 7.16. The molecule has 11 heteroatoms. The zero-order valence-corrected chi connectivity index (χ0v) is 14.6. The van der Waals surface area contributed by atoms with Gasteiger partial charge in [-0.2, -0.15) is 10.1 Å². The summed E-state index contributed by atoms with van der Waals surface area (Å²) in [7, 11) is 2.86. The zero-order valence-electron chi connectivity index (χ0n) is 13.8. The van der Waals surface area contributed by atoms with E-state index in [1.807, 2.05) is 0 Å². The Morgan fingerprint density at radius 2 is 2.15 bits per heavy atom. The number of fused-ring (bicyclic) bond motifs is 1. The lowest BCUT2D eigenvalue weighted by atomic mass is 10.3. The highest BCUT2D eigenvalue weighted by Crippen LogP contribution is 2.23. The Hall–Kier alpha value is -3.34. The van der Waals surface area contributed by atoms with E-state index in [4.69, 9.17) is 0 Å². The minimum atomic E-state index is -0.537. The molecule has 26 heavy (non-hydrogen) atoms.